The lowest BCUT2D eigenvalue weighted by Gasteiger charge is -2.10. The van der Waals surface area contributed by atoms with Crippen molar-refractivity contribution in [1.29, 1.82) is 0 Å². The van der Waals surface area contributed by atoms with Gasteiger partial charge in [-0.15, -0.1) is 5.10 Å². The SMILES string of the molecule is Cc1ccc(-c2nc(C(N)=O)nn2-c2cc(C)ccc2C)cc1. The Morgan fingerprint density at radius 2 is 1.65 bits per heavy atom. The first-order chi connectivity index (χ1) is 11.0. The molecule has 3 aromatic rings. The third-order valence-corrected chi connectivity index (χ3v) is 3.73. The van der Waals surface area contributed by atoms with Crippen LogP contribution in [0.15, 0.2) is 42.5 Å². The molecule has 5 heteroatoms. The Bertz CT molecular complexity index is 879. The lowest BCUT2D eigenvalue weighted by Crippen LogP contribution is -2.13. The monoisotopic (exact) mass is 306 g/mol. The second-order valence-electron chi connectivity index (χ2n) is 5.69. The van der Waals surface area contributed by atoms with Crippen molar-refractivity contribution in [1.82, 2.24) is 14.8 Å². The zero-order chi connectivity index (χ0) is 16.6. The number of rotatable bonds is 3. The predicted octanol–water partition coefficient (Wildman–Crippen LogP) is 2.96. The second-order valence-corrected chi connectivity index (χ2v) is 5.69. The van der Waals surface area contributed by atoms with E-state index in [1.807, 2.05) is 63.2 Å². The minimum absolute atomic E-state index is 0.0153. The number of nitrogens with zero attached hydrogens (tertiary/aromatic N) is 3. The molecule has 116 valence electrons. The molecule has 0 fully saturated rings. The summed E-state index contributed by atoms with van der Waals surface area (Å²) in [6, 6.07) is 14.0. The van der Waals surface area contributed by atoms with Crippen LogP contribution in [0.25, 0.3) is 17.1 Å². The van der Waals surface area contributed by atoms with Gasteiger partial charge in [0, 0.05) is 5.56 Å². The molecular weight excluding hydrogens is 288 g/mol. The van der Waals surface area contributed by atoms with Gasteiger partial charge in [-0.1, -0.05) is 42.0 Å². The van der Waals surface area contributed by atoms with Gasteiger partial charge in [0.05, 0.1) is 5.69 Å². The summed E-state index contributed by atoms with van der Waals surface area (Å²) in [4.78, 5) is 15.9. The molecule has 0 atom stereocenters. The fourth-order valence-corrected chi connectivity index (χ4v) is 2.42. The average Bonchev–Trinajstić information content (AvgIpc) is 2.96. The molecule has 23 heavy (non-hydrogen) atoms. The predicted molar refractivity (Wildman–Crippen MR) is 89.5 cm³/mol. The number of aromatic nitrogens is 3. The summed E-state index contributed by atoms with van der Waals surface area (Å²) >= 11 is 0. The van der Waals surface area contributed by atoms with Gasteiger partial charge in [-0.2, -0.15) is 0 Å². The third kappa shape index (κ3) is 2.85. The molecule has 0 bridgehead atoms. The molecule has 1 heterocycles. The highest BCUT2D eigenvalue weighted by Gasteiger charge is 2.17. The maximum Gasteiger partial charge on any atom is 0.288 e. The van der Waals surface area contributed by atoms with Crippen molar-refractivity contribution < 1.29 is 4.79 Å². The Labute approximate surface area is 134 Å². The van der Waals surface area contributed by atoms with Crippen molar-refractivity contribution in [3.05, 3.63) is 65.0 Å². The molecule has 0 saturated carbocycles. The lowest BCUT2D eigenvalue weighted by molar-refractivity contribution is 0.0990. The lowest BCUT2D eigenvalue weighted by atomic mass is 10.1. The Hall–Kier alpha value is -2.95. The number of carbonyl (C=O) groups excluding carboxylic acids is 1. The van der Waals surface area contributed by atoms with E-state index in [0.29, 0.717) is 5.82 Å². The first-order valence-corrected chi connectivity index (χ1v) is 7.37. The Morgan fingerprint density at radius 1 is 1.00 bits per heavy atom. The molecule has 5 nitrogen and oxygen atoms in total. The molecule has 1 aromatic heterocycles. The minimum atomic E-state index is -0.637. The summed E-state index contributed by atoms with van der Waals surface area (Å²) in [5.41, 5.74) is 10.5. The fraction of sp³-hybridized carbons (Fsp3) is 0.167. The van der Waals surface area contributed by atoms with Gasteiger partial charge in [-0.25, -0.2) is 9.67 Å². The first kappa shape index (κ1) is 15.0. The van der Waals surface area contributed by atoms with Crippen LogP contribution in [-0.4, -0.2) is 20.7 Å². The van der Waals surface area contributed by atoms with Crippen LogP contribution in [0, 0.1) is 20.8 Å². The molecule has 0 unspecified atom stereocenters. The van der Waals surface area contributed by atoms with Crippen molar-refractivity contribution >= 4 is 5.91 Å². The van der Waals surface area contributed by atoms with Crippen molar-refractivity contribution in [3.63, 3.8) is 0 Å². The van der Waals surface area contributed by atoms with Crippen molar-refractivity contribution in [2.24, 2.45) is 5.73 Å². The molecule has 0 spiro atoms. The van der Waals surface area contributed by atoms with Gasteiger partial charge >= 0.3 is 0 Å². The van der Waals surface area contributed by atoms with E-state index in [2.05, 4.69) is 10.1 Å². The van der Waals surface area contributed by atoms with Crippen molar-refractivity contribution in [2.75, 3.05) is 0 Å². The number of hydrogen-bond donors (Lipinski definition) is 1. The molecule has 3 rings (SSSR count). The highest BCUT2D eigenvalue weighted by atomic mass is 16.1. The molecule has 0 saturated heterocycles. The number of hydrogen-bond acceptors (Lipinski definition) is 3. The molecule has 0 radical (unpaired) electrons. The molecular formula is C18H18N4O. The Kier molecular flexibility index (Phi) is 3.70. The number of primary amides is 1. The highest BCUT2D eigenvalue weighted by Crippen LogP contribution is 2.24. The van der Waals surface area contributed by atoms with Crippen LogP contribution in [0.3, 0.4) is 0 Å². The quantitative estimate of drug-likeness (QED) is 0.808. The molecule has 0 aliphatic heterocycles. The van der Waals surface area contributed by atoms with E-state index in [9.17, 15) is 4.79 Å². The van der Waals surface area contributed by atoms with E-state index in [1.54, 1.807) is 4.68 Å². The fourth-order valence-electron chi connectivity index (χ4n) is 2.42. The Morgan fingerprint density at radius 3 is 2.30 bits per heavy atom. The highest BCUT2D eigenvalue weighted by molar-refractivity contribution is 5.89. The van der Waals surface area contributed by atoms with Crippen LogP contribution < -0.4 is 5.73 Å². The van der Waals surface area contributed by atoms with E-state index >= 15 is 0 Å². The normalized spacial score (nSPS) is 10.7. The summed E-state index contributed by atoms with van der Waals surface area (Å²) in [7, 11) is 0. The van der Waals surface area contributed by atoms with Crippen LogP contribution in [-0.2, 0) is 0 Å². The van der Waals surface area contributed by atoms with E-state index in [0.717, 1.165) is 27.9 Å². The van der Waals surface area contributed by atoms with E-state index in [-0.39, 0.29) is 5.82 Å². The third-order valence-electron chi connectivity index (χ3n) is 3.73. The van der Waals surface area contributed by atoms with E-state index in [4.69, 9.17) is 5.73 Å². The zero-order valence-corrected chi connectivity index (χ0v) is 13.4. The molecule has 0 aliphatic rings. The molecule has 0 aliphatic carbocycles. The molecule has 2 N–H and O–H groups in total. The summed E-state index contributed by atoms with van der Waals surface area (Å²) < 4.78 is 1.69. The second kappa shape index (κ2) is 5.68. The zero-order valence-electron chi connectivity index (χ0n) is 13.4. The topological polar surface area (TPSA) is 73.8 Å². The van der Waals surface area contributed by atoms with Crippen LogP contribution in [0.5, 0.6) is 0 Å². The number of aryl methyl sites for hydroxylation is 3. The van der Waals surface area contributed by atoms with Gasteiger partial charge in [-0.3, -0.25) is 4.79 Å². The molecule has 1 amide bonds. The smallest absolute Gasteiger partial charge is 0.288 e. The van der Waals surface area contributed by atoms with Gasteiger partial charge in [-0.05, 0) is 38.0 Å². The van der Waals surface area contributed by atoms with Crippen LogP contribution in [0.1, 0.15) is 27.3 Å². The maximum atomic E-state index is 11.5. The first-order valence-electron chi connectivity index (χ1n) is 7.37. The van der Waals surface area contributed by atoms with Crippen LogP contribution >= 0.6 is 0 Å². The van der Waals surface area contributed by atoms with Crippen molar-refractivity contribution in [2.45, 2.75) is 20.8 Å². The van der Waals surface area contributed by atoms with Crippen LogP contribution in [0.2, 0.25) is 0 Å². The van der Waals surface area contributed by atoms with E-state index < -0.39 is 5.91 Å². The van der Waals surface area contributed by atoms with Gasteiger partial charge in [0.2, 0.25) is 5.82 Å². The van der Waals surface area contributed by atoms with Gasteiger partial charge in [0.1, 0.15) is 0 Å². The number of amides is 1. The standard InChI is InChI=1S/C18H18N4O/c1-11-5-8-14(9-6-11)18-20-17(16(19)23)21-22(18)15-10-12(2)4-7-13(15)3/h4-10H,1-3H3,(H2,19,23). The summed E-state index contributed by atoms with van der Waals surface area (Å²) in [5, 5.41) is 4.31. The average molecular weight is 306 g/mol. The van der Waals surface area contributed by atoms with E-state index in [1.165, 1.54) is 0 Å². The van der Waals surface area contributed by atoms with Gasteiger partial charge in [0.15, 0.2) is 5.82 Å². The number of benzene rings is 2. The molecule has 2 aromatic carbocycles. The van der Waals surface area contributed by atoms with Crippen molar-refractivity contribution in [3.8, 4) is 17.1 Å². The summed E-state index contributed by atoms with van der Waals surface area (Å²) in [6.45, 7) is 6.04. The van der Waals surface area contributed by atoms with Gasteiger partial charge < -0.3 is 5.73 Å². The number of nitrogens with two attached hydrogens (primary N) is 1. The largest absolute Gasteiger partial charge is 0.363 e. The van der Waals surface area contributed by atoms with Gasteiger partial charge in [0.25, 0.3) is 5.91 Å². The minimum Gasteiger partial charge on any atom is -0.363 e. The van der Waals surface area contributed by atoms with Crippen LogP contribution in [0.4, 0.5) is 0 Å². The Balaban J connectivity index is 2.25. The summed E-state index contributed by atoms with van der Waals surface area (Å²) in [6.07, 6.45) is 0. The maximum absolute atomic E-state index is 11.5. The summed E-state index contributed by atoms with van der Waals surface area (Å²) in [5.74, 6) is -0.0172. The number of carbonyl (C=O) groups is 1.